The number of hydrogen-bond acceptors (Lipinski definition) is 2. The Morgan fingerprint density at radius 2 is 1.95 bits per heavy atom. The van der Waals surface area contributed by atoms with Gasteiger partial charge in [0.15, 0.2) is 5.78 Å². The zero-order valence-electron chi connectivity index (χ0n) is 9.31. The predicted molar refractivity (Wildman–Crippen MR) is 57.5 cm³/mol. The van der Waals surface area contributed by atoms with Crippen LogP contribution in [-0.2, 0) is 17.4 Å². The van der Waals surface area contributed by atoms with Gasteiger partial charge in [-0.05, 0) is 12.1 Å². The van der Waals surface area contributed by atoms with E-state index in [0.717, 1.165) is 12.1 Å². The first-order chi connectivity index (χ1) is 8.75. The summed E-state index contributed by atoms with van der Waals surface area (Å²) >= 11 is 5.21. The van der Waals surface area contributed by atoms with E-state index in [1.807, 2.05) is 0 Å². The summed E-state index contributed by atoms with van der Waals surface area (Å²) in [7, 11) is 0. The van der Waals surface area contributed by atoms with Crippen LogP contribution in [0, 0.1) is 0 Å². The van der Waals surface area contributed by atoms with Crippen LogP contribution < -0.4 is 4.74 Å². The van der Waals surface area contributed by atoms with Crippen molar-refractivity contribution in [3.63, 3.8) is 0 Å². The van der Waals surface area contributed by atoms with Crippen LogP contribution in [0.3, 0.4) is 0 Å². The van der Waals surface area contributed by atoms with E-state index in [2.05, 4.69) is 4.74 Å². The van der Waals surface area contributed by atoms with Gasteiger partial charge >= 0.3 is 12.8 Å². The predicted octanol–water partition coefficient (Wildman–Crippen LogP) is 3.66. The van der Waals surface area contributed by atoms with Gasteiger partial charge in [-0.1, -0.05) is 6.07 Å². The molecule has 0 aliphatic carbocycles. The summed E-state index contributed by atoms with van der Waals surface area (Å²) < 4.78 is 66.5. The Balaban J connectivity index is 3.27. The highest BCUT2D eigenvalue weighted by atomic mass is 35.5. The molecule has 2 nitrogen and oxygen atoms in total. The maximum atomic E-state index is 12.7. The maximum absolute atomic E-state index is 12.7. The summed E-state index contributed by atoms with van der Waals surface area (Å²) in [6, 6.07) is 2.56. The van der Waals surface area contributed by atoms with E-state index in [1.165, 1.54) is 0 Å². The Kier molecular flexibility index (Phi) is 5.11. The normalized spacial score (nSPS) is 11.7. The average molecular weight is 303 g/mol. The number of Topliss-reactive ketones (excluding diaryl/α,β-unsaturated/α-hetero) is 1. The fourth-order valence-electron chi connectivity index (χ4n) is 1.46. The first kappa shape index (κ1) is 15.7. The minimum Gasteiger partial charge on any atom is -0.435 e. The Labute approximate surface area is 110 Å². The molecule has 0 amide bonds. The summed E-state index contributed by atoms with van der Waals surface area (Å²) in [5.41, 5.74) is -1.83. The molecule has 0 radical (unpaired) electrons. The zero-order valence-corrected chi connectivity index (χ0v) is 10.1. The van der Waals surface area contributed by atoms with Crippen molar-refractivity contribution >= 4 is 17.4 Å². The highest BCUT2D eigenvalue weighted by Crippen LogP contribution is 2.36. The molecule has 0 unspecified atom stereocenters. The molecule has 0 fully saturated rings. The lowest BCUT2D eigenvalue weighted by atomic mass is 10.0. The van der Waals surface area contributed by atoms with Gasteiger partial charge in [0.25, 0.3) is 0 Å². The number of carbonyl (C=O) groups is 1. The monoisotopic (exact) mass is 302 g/mol. The van der Waals surface area contributed by atoms with Crippen LogP contribution in [0.5, 0.6) is 5.75 Å². The third-order valence-electron chi connectivity index (χ3n) is 2.18. The van der Waals surface area contributed by atoms with E-state index in [1.54, 1.807) is 0 Å². The van der Waals surface area contributed by atoms with Crippen molar-refractivity contribution in [2.45, 2.75) is 19.2 Å². The molecular weight excluding hydrogens is 295 g/mol. The summed E-state index contributed by atoms with van der Waals surface area (Å²) in [5, 5.41) is 0. The fourth-order valence-corrected chi connectivity index (χ4v) is 1.56. The third-order valence-corrected chi connectivity index (χ3v) is 2.48. The van der Waals surface area contributed by atoms with Crippen LogP contribution in [0.2, 0.25) is 0 Å². The summed E-state index contributed by atoms with van der Waals surface area (Å²) in [6.07, 6.45) is -5.50. The van der Waals surface area contributed by atoms with Crippen molar-refractivity contribution in [2.24, 2.45) is 0 Å². The molecule has 106 valence electrons. The molecule has 1 aromatic carbocycles. The van der Waals surface area contributed by atoms with E-state index < -0.39 is 47.7 Å². The Morgan fingerprint density at radius 1 is 1.32 bits per heavy atom. The van der Waals surface area contributed by atoms with Crippen molar-refractivity contribution in [2.75, 3.05) is 5.88 Å². The van der Waals surface area contributed by atoms with Crippen LogP contribution in [0.4, 0.5) is 22.0 Å². The van der Waals surface area contributed by atoms with Crippen molar-refractivity contribution in [3.05, 3.63) is 29.3 Å². The number of ketones is 1. The van der Waals surface area contributed by atoms with Crippen LogP contribution in [0.1, 0.15) is 11.1 Å². The largest absolute Gasteiger partial charge is 0.435 e. The number of ether oxygens (including phenoxy) is 1. The Bertz CT molecular complexity index is 459. The molecule has 8 heteroatoms. The molecule has 0 saturated carbocycles. The van der Waals surface area contributed by atoms with Gasteiger partial charge in [-0.3, -0.25) is 4.79 Å². The Morgan fingerprint density at radius 3 is 2.42 bits per heavy atom. The topological polar surface area (TPSA) is 26.3 Å². The van der Waals surface area contributed by atoms with Crippen molar-refractivity contribution < 1.29 is 31.5 Å². The van der Waals surface area contributed by atoms with E-state index in [9.17, 15) is 26.7 Å². The number of hydrogen-bond donors (Lipinski definition) is 0. The molecule has 0 aliphatic rings. The summed E-state index contributed by atoms with van der Waals surface area (Å²) in [5.74, 6) is -1.92. The number of carbonyl (C=O) groups excluding carboxylic acids is 1. The van der Waals surface area contributed by atoms with Gasteiger partial charge in [-0.2, -0.15) is 22.0 Å². The molecule has 0 heterocycles. The van der Waals surface area contributed by atoms with Crippen molar-refractivity contribution in [1.82, 2.24) is 0 Å². The second-order valence-corrected chi connectivity index (χ2v) is 3.77. The first-order valence-electron chi connectivity index (χ1n) is 4.97. The highest BCUT2D eigenvalue weighted by molar-refractivity contribution is 6.27. The quantitative estimate of drug-likeness (QED) is 0.613. The highest BCUT2D eigenvalue weighted by Gasteiger charge is 2.35. The minimum absolute atomic E-state index is 0.514. The maximum Gasteiger partial charge on any atom is 0.416 e. The smallest absolute Gasteiger partial charge is 0.416 e. The molecule has 1 rings (SSSR count). The van der Waals surface area contributed by atoms with Gasteiger partial charge < -0.3 is 4.74 Å². The number of benzene rings is 1. The van der Waals surface area contributed by atoms with Crippen LogP contribution in [0.15, 0.2) is 18.2 Å². The van der Waals surface area contributed by atoms with Gasteiger partial charge in [-0.15, -0.1) is 11.6 Å². The average Bonchev–Trinajstić information content (AvgIpc) is 2.28. The zero-order chi connectivity index (χ0) is 14.6. The molecule has 0 aromatic heterocycles. The van der Waals surface area contributed by atoms with Crippen molar-refractivity contribution in [3.8, 4) is 5.75 Å². The van der Waals surface area contributed by atoms with E-state index in [0.29, 0.717) is 6.07 Å². The lowest BCUT2D eigenvalue weighted by molar-refractivity contribution is -0.138. The molecule has 0 N–H and O–H groups in total. The number of rotatable bonds is 5. The second-order valence-electron chi connectivity index (χ2n) is 3.51. The van der Waals surface area contributed by atoms with E-state index >= 15 is 0 Å². The van der Waals surface area contributed by atoms with Crippen LogP contribution in [-0.4, -0.2) is 18.3 Å². The molecule has 0 bridgehead atoms. The number of alkyl halides is 6. The molecule has 0 saturated heterocycles. The lowest BCUT2D eigenvalue weighted by Gasteiger charge is -2.16. The second kappa shape index (κ2) is 6.18. The van der Waals surface area contributed by atoms with E-state index in [-0.39, 0.29) is 0 Å². The molecule has 0 atom stereocenters. The SMILES string of the molecule is O=C(CCl)Cc1c(OC(F)F)cccc1C(F)(F)F. The standard InChI is InChI=1S/C11H8ClF5O2/c12-5-6(18)4-7-8(11(15,16)17)2-1-3-9(7)19-10(13)14/h1-3,10H,4-5H2. The van der Waals surface area contributed by atoms with Crippen LogP contribution >= 0.6 is 11.6 Å². The molecule has 1 aromatic rings. The van der Waals surface area contributed by atoms with Gasteiger partial charge in [0, 0.05) is 12.0 Å². The lowest BCUT2D eigenvalue weighted by Crippen LogP contribution is -2.16. The van der Waals surface area contributed by atoms with Gasteiger partial charge in [0.1, 0.15) is 5.75 Å². The first-order valence-corrected chi connectivity index (χ1v) is 5.50. The van der Waals surface area contributed by atoms with Gasteiger partial charge in [0.05, 0.1) is 11.4 Å². The molecule has 0 aliphatic heterocycles. The molecular formula is C11H8ClF5O2. The Hall–Kier alpha value is -1.37. The van der Waals surface area contributed by atoms with Gasteiger partial charge in [0.2, 0.25) is 0 Å². The summed E-state index contributed by atoms with van der Waals surface area (Å²) in [6.45, 7) is -3.28. The van der Waals surface area contributed by atoms with Gasteiger partial charge in [-0.25, -0.2) is 0 Å². The molecule has 19 heavy (non-hydrogen) atoms. The van der Waals surface area contributed by atoms with Crippen LogP contribution in [0.25, 0.3) is 0 Å². The molecule has 0 spiro atoms. The van der Waals surface area contributed by atoms with Crippen molar-refractivity contribution in [1.29, 1.82) is 0 Å². The van der Waals surface area contributed by atoms with E-state index in [4.69, 9.17) is 11.6 Å². The fraction of sp³-hybridized carbons (Fsp3) is 0.364. The minimum atomic E-state index is -4.77. The third kappa shape index (κ3) is 4.34. The number of halogens is 6. The summed E-state index contributed by atoms with van der Waals surface area (Å²) in [4.78, 5) is 11.2.